The minimum Gasteiger partial charge on any atom is -0.443 e. The number of hydrogen-bond donors (Lipinski definition) is 0. The molecule has 3 heterocycles. The van der Waals surface area contributed by atoms with E-state index in [4.69, 9.17) is 9.47 Å². The Balaban J connectivity index is 2.09. The molecule has 0 saturated heterocycles. The van der Waals surface area contributed by atoms with Crippen molar-refractivity contribution < 1.29 is 19.1 Å². The van der Waals surface area contributed by atoms with Crippen molar-refractivity contribution in [1.29, 1.82) is 0 Å². The number of aromatic nitrogens is 2. The topological polar surface area (TPSA) is 62.5 Å². The lowest BCUT2D eigenvalue weighted by atomic mass is 10.1. The molecule has 0 atom stereocenters. The summed E-state index contributed by atoms with van der Waals surface area (Å²) in [7, 11) is 0. The Morgan fingerprint density at radius 1 is 0.742 bits per heavy atom. The van der Waals surface area contributed by atoms with Gasteiger partial charge in [0.25, 0.3) is 0 Å². The standard InChI is InChI=1S/C22H24Br2N2O4S/c1-21(2,3)29-19(27)25-15(7-9-17(25)23)13-11-31-12-14(13)16-8-10-18(24)26(16)20(28)30-22(4,5)6/h7-12H,1-6H3. The van der Waals surface area contributed by atoms with E-state index in [0.717, 1.165) is 11.1 Å². The van der Waals surface area contributed by atoms with E-state index in [0.29, 0.717) is 20.6 Å². The van der Waals surface area contributed by atoms with Gasteiger partial charge in [-0.25, -0.2) is 18.7 Å². The van der Waals surface area contributed by atoms with Crippen molar-refractivity contribution in [1.82, 2.24) is 9.13 Å². The molecule has 0 aliphatic rings. The van der Waals surface area contributed by atoms with Gasteiger partial charge in [-0.3, -0.25) is 0 Å². The van der Waals surface area contributed by atoms with Crippen LogP contribution in [0.15, 0.2) is 44.2 Å². The lowest BCUT2D eigenvalue weighted by Crippen LogP contribution is -2.28. The highest BCUT2D eigenvalue weighted by atomic mass is 79.9. The van der Waals surface area contributed by atoms with Crippen LogP contribution in [0, 0.1) is 0 Å². The monoisotopic (exact) mass is 570 g/mol. The molecule has 0 aliphatic heterocycles. The molecule has 3 rings (SSSR count). The van der Waals surface area contributed by atoms with Gasteiger partial charge in [-0.05, 0) is 97.7 Å². The van der Waals surface area contributed by atoms with Gasteiger partial charge in [-0.2, -0.15) is 11.3 Å². The lowest BCUT2D eigenvalue weighted by molar-refractivity contribution is 0.0524. The smallest absolute Gasteiger partial charge is 0.419 e. The van der Waals surface area contributed by atoms with Gasteiger partial charge in [-0.15, -0.1) is 0 Å². The van der Waals surface area contributed by atoms with Crippen LogP contribution < -0.4 is 0 Å². The Morgan fingerprint density at radius 2 is 1.10 bits per heavy atom. The van der Waals surface area contributed by atoms with Crippen molar-refractivity contribution in [2.45, 2.75) is 52.7 Å². The first-order valence-electron chi connectivity index (χ1n) is 9.56. The number of carbonyl (C=O) groups is 2. The summed E-state index contributed by atoms with van der Waals surface area (Å²) < 4.78 is 15.3. The molecule has 0 fully saturated rings. The Hall–Kier alpha value is -1.84. The maximum Gasteiger partial charge on any atom is 0.419 e. The zero-order valence-corrected chi connectivity index (χ0v) is 22.1. The van der Waals surface area contributed by atoms with Gasteiger partial charge < -0.3 is 9.47 Å². The van der Waals surface area contributed by atoms with Crippen molar-refractivity contribution in [3.63, 3.8) is 0 Å². The highest BCUT2D eigenvalue weighted by Gasteiger charge is 2.27. The van der Waals surface area contributed by atoms with Crippen LogP contribution >= 0.6 is 43.2 Å². The lowest BCUT2D eigenvalue weighted by Gasteiger charge is -2.22. The van der Waals surface area contributed by atoms with Crippen LogP contribution in [0.4, 0.5) is 9.59 Å². The van der Waals surface area contributed by atoms with Gasteiger partial charge in [0.05, 0.1) is 20.6 Å². The summed E-state index contributed by atoms with van der Waals surface area (Å²) in [5.74, 6) is 0. The van der Waals surface area contributed by atoms with Crippen LogP contribution in [0.5, 0.6) is 0 Å². The van der Waals surface area contributed by atoms with E-state index in [9.17, 15) is 9.59 Å². The fraction of sp³-hybridized carbons (Fsp3) is 0.364. The van der Waals surface area contributed by atoms with Crippen LogP contribution in [0.3, 0.4) is 0 Å². The second-order valence-electron chi connectivity index (χ2n) is 8.91. The molecule has 0 saturated carbocycles. The molecule has 9 heteroatoms. The summed E-state index contributed by atoms with van der Waals surface area (Å²) in [4.78, 5) is 25.7. The Kier molecular flexibility index (Phi) is 6.60. The highest BCUT2D eigenvalue weighted by Crippen LogP contribution is 2.39. The SMILES string of the molecule is CC(C)(C)OC(=O)n1c(Br)ccc1-c1cscc1-c1ccc(Br)n1C(=O)OC(C)(C)C. The predicted octanol–water partition coefficient (Wildman–Crippen LogP) is 7.78. The largest absolute Gasteiger partial charge is 0.443 e. The van der Waals surface area contributed by atoms with E-state index in [2.05, 4.69) is 31.9 Å². The second kappa shape index (κ2) is 8.60. The third kappa shape index (κ3) is 5.32. The molecule has 0 radical (unpaired) electrons. The molecule has 3 aromatic rings. The molecule has 0 aliphatic carbocycles. The minimum absolute atomic E-state index is 0.486. The number of nitrogens with zero attached hydrogens (tertiary/aromatic N) is 2. The molecule has 166 valence electrons. The van der Waals surface area contributed by atoms with Gasteiger partial charge in [0.1, 0.15) is 11.2 Å². The van der Waals surface area contributed by atoms with Gasteiger partial charge in [-0.1, -0.05) is 0 Å². The van der Waals surface area contributed by atoms with Crippen LogP contribution in [0.2, 0.25) is 0 Å². The summed E-state index contributed by atoms with van der Waals surface area (Å²) in [6.07, 6.45) is -0.972. The minimum atomic E-state index is -0.633. The fourth-order valence-corrected chi connectivity index (χ4v) is 4.70. The first-order valence-corrected chi connectivity index (χ1v) is 12.1. The van der Waals surface area contributed by atoms with Crippen molar-refractivity contribution in [2.24, 2.45) is 0 Å². The van der Waals surface area contributed by atoms with E-state index < -0.39 is 23.4 Å². The normalized spacial score (nSPS) is 12.1. The van der Waals surface area contributed by atoms with E-state index in [1.807, 2.05) is 64.4 Å². The summed E-state index contributed by atoms with van der Waals surface area (Å²) >= 11 is 8.37. The van der Waals surface area contributed by atoms with Crippen molar-refractivity contribution in [3.8, 4) is 22.5 Å². The second-order valence-corrected chi connectivity index (χ2v) is 11.3. The molecular weight excluding hydrogens is 548 g/mol. The Morgan fingerprint density at radius 3 is 1.42 bits per heavy atom. The molecule has 3 aromatic heterocycles. The average Bonchev–Trinajstić information content (AvgIpc) is 3.28. The number of hydrogen-bond acceptors (Lipinski definition) is 5. The molecular formula is C22H24Br2N2O4S. The molecule has 0 unspecified atom stereocenters. The summed E-state index contributed by atoms with van der Waals surface area (Å²) in [5, 5.41) is 3.89. The van der Waals surface area contributed by atoms with Gasteiger partial charge >= 0.3 is 12.2 Å². The summed E-state index contributed by atoms with van der Waals surface area (Å²) in [5.41, 5.74) is 1.65. The Labute approximate surface area is 202 Å². The van der Waals surface area contributed by atoms with Crippen LogP contribution in [0.25, 0.3) is 22.5 Å². The van der Waals surface area contributed by atoms with E-state index in [-0.39, 0.29) is 0 Å². The quantitative estimate of drug-likeness (QED) is 0.315. The van der Waals surface area contributed by atoms with Crippen LogP contribution in [-0.4, -0.2) is 32.5 Å². The zero-order chi connectivity index (χ0) is 23.1. The molecule has 0 aromatic carbocycles. The maximum atomic E-state index is 12.9. The first kappa shape index (κ1) is 23.8. The van der Waals surface area contributed by atoms with Crippen molar-refractivity contribution in [3.05, 3.63) is 44.2 Å². The average molecular weight is 572 g/mol. The van der Waals surface area contributed by atoms with E-state index >= 15 is 0 Å². The summed E-state index contributed by atoms with van der Waals surface area (Å²) in [6.45, 7) is 10.9. The van der Waals surface area contributed by atoms with Gasteiger partial charge in [0.15, 0.2) is 0 Å². The maximum absolute atomic E-state index is 12.9. The number of ether oxygens (including phenoxy) is 2. The fourth-order valence-electron chi connectivity index (χ4n) is 2.92. The molecule has 0 spiro atoms. The van der Waals surface area contributed by atoms with Crippen LogP contribution in [0.1, 0.15) is 41.5 Å². The third-order valence-electron chi connectivity index (χ3n) is 4.03. The van der Waals surface area contributed by atoms with Gasteiger partial charge in [0.2, 0.25) is 0 Å². The van der Waals surface area contributed by atoms with Crippen molar-refractivity contribution >= 4 is 55.4 Å². The Bertz CT molecular complexity index is 1040. The number of carbonyl (C=O) groups excluding carboxylic acids is 2. The predicted molar refractivity (Wildman–Crippen MR) is 130 cm³/mol. The highest BCUT2D eigenvalue weighted by molar-refractivity contribution is 9.10. The molecule has 0 amide bonds. The molecule has 31 heavy (non-hydrogen) atoms. The molecule has 6 nitrogen and oxygen atoms in total. The number of rotatable bonds is 2. The first-order chi connectivity index (χ1) is 14.3. The summed E-state index contributed by atoms with van der Waals surface area (Å²) in [6, 6.07) is 7.28. The van der Waals surface area contributed by atoms with E-state index in [1.54, 1.807) is 12.1 Å². The van der Waals surface area contributed by atoms with E-state index in [1.165, 1.54) is 20.5 Å². The van der Waals surface area contributed by atoms with Crippen molar-refractivity contribution in [2.75, 3.05) is 0 Å². The van der Waals surface area contributed by atoms with Crippen LogP contribution in [-0.2, 0) is 9.47 Å². The molecule has 0 N–H and O–H groups in total. The third-order valence-corrected chi connectivity index (χ3v) is 6.01. The zero-order valence-electron chi connectivity index (χ0n) is 18.2. The van der Waals surface area contributed by atoms with Gasteiger partial charge in [0, 0.05) is 21.9 Å². The number of halogens is 2. The number of thiophene rings is 1. The molecule has 0 bridgehead atoms.